The van der Waals surface area contributed by atoms with Crippen molar-refractivity contribution in [1.29, 1.82) is 0 Å². The van der Waals surface area contributed by atoms with Crippen LogP contribution >= 0.6 is 0 Å². The van der Waals surface area contributed by atoms with E-state index >= 15 is 0 Å². The molecule has 5 heteroatoms. The van der Waals surface area contributed by atoms with Crippen LogP contribution in [0.3, 0.4) is 0 Å². The molecule has 0 N–H and O–H groups in total. The Morgan fingerprint density at radius 3 is 2.29 bits per heavy atom. The average Bonchev–Trinajstić information content (AvgIpc) is 2.66. The van der Waals surface area contributed by atoms with E-state index in [-0.39, 0.29) is 36.5 Å². The van der Waals surface area contributed by atoms with Crippen molar-refractivity contribution < 1.29 is 22.3 Å². The summed E-state index contributed by atoms with van der Waals surface area (Å²) in [6.07, 6.45) is 5.96. The van der Waals surface area contributed by atoms with Crippen LogP contribution < -0.4 is 4.74 Å². The van der Waals surface area contributed by atoms with E-state index in [2.05, 4.69) is 0 Å². The van der Waals surface area contributed by atoms with E-state index in [9.17, 15) is 17.6 Å². The molecular formula is C23H32F4O. The fraction of sp³-hybridized carbons (Fsp3) is 0.739. The maximum Gasteiger partial charge on any atom is 0.251 e. The van der Waals surface area contributed by atoms with Crippen molar-refractivity contribution in [3.05, 3.63) is 29.3 Å². The molecule has 28 heavy (non-hydrogen) atoms. The normalized spacial score (nSPS) is 30.2. The molecule has 3 rings (SSSR count). The van der Waals surface area contributed by atoms with E-state index in [0.717, 1.165) is 19.3 Å². The molecule has 0 radical (unpaired) electrons. The average molecular weight is 401 g/mol. The van der Waals surface area contributed by atoms with Gasteiger partial charge in [-0.1, -0.05) is 25.8 Å². The van der Waals surface area contributed by atoms with Crippen LogP contribution in [-0.2, 0) is 0 Å². The Labute approximate surface area is 165 Å². The molecule has 0 amide bonds. The molecule has 0 aliphatic heterocycles. The van der Waals surface area contributed by atoms with Crippen molar-refractivity contribution in [2.24, 2.45) is 17.8 Å². The van der Waals surface area contributed by atoms with Crippen molar-refractivity contribution in [1.82, 2.24) is 0 Å². The molecule has 1 aromatic rings. The van der Waals surface area contributed by atoms with Crippen LogP contribution in [0, 0.1) is 29.4 Å². The van der Waals surface area contributed by atoms with Crippen LogP contribution in [0.2, 0.25) is 0 Å². The lowest BCUT2D eigenvalue weighted by atomic mass is 9.66. The number of hydrogen-bond acceptors (Lipinski definition) is 1. The van der Waals surface area contributed by atoms with E-state index in [1.54, 1.807) is 13.0 Å². The number of rotatable bonds is 6. The van der Waals surface area contributed by atoms with Crippen LogP contribution in [0.25, 0.3) is 0 Å². The Kier molecular flexibility index (Phi) is 6.93. The second-order valence-electron chi connectivity index (χ2n) is 8.63. The molecule has 0 aromatic heterocycles. The fourth-order valence-electron chi connectivity index (χ4n) is 5.46. The quantitative estimate of drug-likeness (QED) is 0.450. The number of hydrogen-bond donors (Lipinski definition) is 0. The number of halogens is 4. The van der Waals surface area contributed by atoms with E-state index in [1.807, 2.05) is 6.92 Å². The predicted octanol–water partition coefficient (Wildman–Crippen LogP) is 7.49. The maximum absolute atomic E-state index is 14.8. The first-order valence-electron chi connectivity index (χ1n) is 10.9. The lowest BCUT2D eigenvalue weighted by Crippen LogP contribution is -2.41. The van der Waals surface area contributed by atoms with Crippen molar-refractivity contribution in [3.63, 3.8) is 0 Å². The number of benzene rings is 1. The van der Waals surface area contributed by atoms with Gasteiger partial charge in [-0.3, -0.25) is 0 Å². The van der Waals surface area contributed by atoms with Gasteiger partial charge in [-0.2, -0.15) is 4.39 Å². The molecule has 0 heterocycles. The highest BCUT2D eigenvalue weighted by Crippen LogP contribution is 2.51. The molecule has 2 fully saturated rings. The van der Waals surface area contributed by atoms with Gasteiger partial charge in [0, 0.05) is 12.3 Å². The zero-order chi connectivity index (χ0) is 20.3. The predicted molar refractivity (Wildman–Crippen MR) is 103 cm³/mol. The summed E-state index contributed by atoms with van der Waals surface area (Å²) in [7, 11) is 0. The first-order valence-corrected chi connectivity index (χ1v) is 10.9. The molecule has 2 atom stereocenters. The fourth-order valence-corrected chi connectivity index (χ4v) is 5.46. The van der Waals surface area contributed by atoms with Gasteiger partial charge in [0.1, 0.15) is 0 Å². The summed E-state index contributed by atoms with van der Waals surface area (Å²) < 4.78 is 63.3. The summed E-state index contributed by atoms with van der Waals surface area (Å²) in [5.41, 5.74) is 0.359. The molecule has 0 spiro atoms. The standard InChI is InChI=1S/C23H32F4O/c1-3-5-15-6-12-19(23(26,27)14-15)17-9-7-16(8-10-17)18-11-13-20(28-4-2)22(25)21(18)24/h11,13,15-17,19H,3-10,12,14H2,1-2H3. The van der Waals surface area contributed by atoms with E-state index in [4.69, 9.17) is 4.74 Å². The van der Waals surface area contributed by atoms with Gasteiger partial charge < -0.3 is 4.74 Å². The second kappa shape index (κ2) is 9.04. The summed E-state index contributed by atoms with van der Waals surface area (Å²) in [4.78, 5) is 0. The Morgan fingerprint density at radius 1 is 0.964 bits per heavy atom. The van der Waals surface area contributed by atoms with Crippen molar-refractivity contribution in [2.45, 2.75) is 83.5 Å². The van der Waals surface area contributed by atoms with Gasteiger partial charge >= 0.3 is 0 Å². The Hall–Kier alpha value is -1.26. The smallest absolute Gasteiger partial charge is 0.251 e. The van der Waals surface area contributed by atoms with Crippen molar-refractivity contribution in [2.75, 3.05) is 6.61 Å². The molecule has 1 nitrogen and oxygen atoms in total. The molecule has 1 aromatic carbocycles. The van der Waals surface area contributed by atoms with Crippen LogP contribution in [0.15, 0.2) is 12.1 Å². The van der Waals surface area contributed by atoms with Gasteiger partial charge in [-0.05, 0) is 74.8 Å². The highest BCUT2D eigenvalue weighted by Gasteiger charge is 2.48. The van der Waals surface area contributed by atoms with E-state index in [0.29, 0.717) is 37.7 Å². The minimum Gasteiger partial charge on any atom is -0.491 e. The second-order valence-corrected chi connectivity index (χ2v) is 8.63. The van der Waals surface area contributed by atoms with E-state index < -0.39 is 23.5 Å². The number of alkyl halides is 2. The Morgan fingerprint density at radius 2 is 1.68 bits per heavy atom. The van der Waals surface area contributed by atoms with Gasteiger partial charge in [0.25, 0.3) is 5.92 Å². The van der Waals surface area contributed by atoms with Crippen LogP contribution in [-0.4, -0.2) is 12.5 Å². The highest BCUT2D eigenvalue weighted by atomic mass is 19.3. The summed E-state index contributed by atoms with van der Waals surface area (Å²) in [6, 6.07) is 3.07. The van der Waals surface area contributed by atoms with E-state index in [1.165, 1.54) is 6.07 Å². The van der Waals surface area contributed by atoms with Crippen molar-refractivity contribution in [3.8, 4) is 5.75 Å². The first-order chi connectivity index (χ1) is 13.4. The highest BCUT2D eigenvalue weighted by molar-refractivity contribution is 5.33. The molecule has 0 bridgehead atoms. The summed E-state index contributed by atoms with van der Waals surface area (Å²) in [5.74, 6) is -4.97. The van der Waals surface area contributed by atoms with Gasteiger partial charge in [-0.15, -0.1) is 0 Å². The Balaban J connectivity index is 1.63. The molecule has 2 aliphatic rings. The van der Waals surface area contributed by atoms with Crippen LogP contribution in [0.4, 0.5) is 17.6 Å². The van der Waals surface area contributed by atoms with Gasteiger partial charge in [-0.25, -0.2) is 13.2 Å². The lowest BCUT2D eigenvalue weighted by molar-refractivity contribution is -0.127. The zero-order valence-electron chi connectivity index (χ0n) is 17.0. The molecule has 0 saturated heterocycles. The minimum atomic E-state index is -2.59. The van der Waals surface area contributed by atoms with Crippen LogP contribution in [0.5, 0.6) is 5.75 Å². The van der Waals surface area contributed by atoms with Gasteiger partial charge in [0.2, 0.25) is 5.82 Å². The molecule has 158 valence electrons. The largest absolute Gasteiger partial charge is 0.491 e. The number of ether oxygens (including phenoxy) is 1. The summed E-state index contributed by atoms with van der Waals surface area (Å²) >= 11 is 0. The zero-order valence-corrected chi connectivity index (χ0v) is 17.0. The third kappa shape index (κ3) is 4.49. The SMILES string of the molecule is CCCC1CCC(C2CCC(c3ccc(OCC)c(F)c3F)CC2)C(F)(F)C1. The Bertz CT molecular complexity index is 652. The van der Waals surface area contributed by atoms with Gasteiger partial charge in [0.15, 0.2) is 11.6 Å². The van der Waals surface area contributed by atoms with Crippen LogP contribution in [0.1, 0.15) is 83.1 Å². The first kappa shape index (κ1) is 21.4. The lowest BCUT2D eigenvalue weighted by Gasteiger charge is -2.42. The molecule has 2 aliphatic carbocycles. The molecule has 2 unspecified atom stereocenters. The summed E-state index contributed by atoms with van der Waals surface area (Å²) in [6.45, 7) is 4.04. The third-order valence-corrected chi connectivity index (χ3v) is 6.84. The molecule has 2 saturated carbocycles. The minimum absolute atomic E-state index is 0.00978. The van der Waals surface area contributed by atoms with Gasteiger partial charge in [0.05, 0.1) is 6.61 Å². The van der Waals surface area contributed by atoms with Crippen molar-refractivity contribution >= 4 is 0 Å². The topological polar surface area (TPSA) is 9.23 Å². The molecular weight excluding hydrogens is 368 g/mol. The maximum atomic E-state index is 14.8. The third-order valence-electron chi connectivity index (χ3n) is 6.84. The summed E-state index contributed by atoms with van der Waals surface area (Å²) in [5, 5.41) is 0. The monoisotopic (exact) mass is 400 g/mol.